The highest BCUT2D eigenvalue weighted by molar-refractivity contribution is 6.35. The number of hydrogen-bond acceptors (Lipinski definition) is 5. The summed E-state index contributed by atoms with van der Waals surface area (Å²) in [6, 6.07) is 13.2. The predicted octanol–water partition coefficient (Wildman–Crippen LogP) is 6.80. The van der Waals surface area contributed by atoms with Gasteiger partial charge in [0.25, 0.3) is 0 Å². The van der Waals surface area contributed by atoms with Crippen molar-refractivity contribution in [3.8, 4) is 5.75 Å². The molecule has 2 N–H and O–H groups in total. The minimum absolute atomic E-state index is 0.168. The number of halogens is 2. The molecule has 1 saturated heterocycles. The number of methoxy groups -OCH3 is 1. The second kappa shape index (κ2) is 13.6. The van der Waals surface area contributed by atoms with Crippen molar-refractivity contribution in [1.82, 2.24) is 9.88 Å². The van der Waals surface area contributed by atoms with Crippen molar-refractivity contribution in [2.45, 2.75) is 51.0 Å². The van der Waals surface area contributed by atoms with E-state index in [0.717, 1.165) is 73.1 Å². The molecule has 2 aromatic carbocycles. The molecule has 0 bridgehead atoms. The van der Waals surface area contributed by atoms with Crippen LogP contribution in [0.15, 0.2) is 48.7 Å². The van der Waals surface area contributed by atoms with Crippen molar-refractivity contribution in [3.63, 3.8) is 0 Å². The standard InChI is InChI=1S/C30H36Cl2N2O4/c1-38-22-9-10-28-25(18-22)23(13-15-33-28)29(35)11-7-20-14-17-34(19-21(20)8-12-30(36)37)16-3-4-24-26(31)5-2-6-27(24)32/h2,5-6,9-10,13,15,18,20-21,29,35H,3-4,7-8,11-12,14,16-17,19H2,1H3,(H,36,37)/t20-,21+,29?/m1/s1. The summed E-state index contributed by atoms with van der Waals surface area (Å²) in [6.07, 6.45) is 6.15. The predicted molar refractivity (Wildman–Crippen MR) is 152 cm³/mol. The van der Waals surface area contributed by atoms with Gasteiger partial charge in [0.1, 0.15) is 5.75 Å². The lowest BCUT2D eigenvalue weighted by atomic mass is 9.79. The van der Waals surface area contributed by atoms with E-state index >= 15 is 0 Å². The number of pyridine rings is 1. The van der Waals surface area contributed by atoms with Crippen molar-refractivity contribution in [1.29, 1.82) is 0 Å². The lowest BCUT2D eigenvalue weighted by Crippen LogP contribution is -2.41. The van der Waals surface area contributed by atoms with Crippen molar-refractivity contribution in [2.24, 2.45) is 11.8 Å². The third-order valence-electron chi connectivity index (χ3n) is 7.82. The molecule has 204 valence electrons. The zero-order valence-corrected chi connectivity index (χ0v) is 23.3. The van der Waals surface area contributed by atoms with Gasteiger partial charge < -0.3 is 19.8 Å². The smallest absolute Gasteiger partial charge is 0.303 e. The highest BCUT2D eigenvalue weighted by atomic mass is 35.5. The van der Waals surface area contributed by atoms with Crippen LogP contribution in [-0.2, 0) is 11.2 Å². The monoisotopic (exact) mass is 558 g/mol. The van der Waals surface area contributed by atoms with Crippen LogP contribution >= 0.6 is 23.2 Å². The fourth-order valence-electron chi connectivity index (χ4n) is 5.72. The van der Waals surface area contributed by atoms with E-state index < -0.39 is 12.1 Å². The van der Waals surface area contributed by atoms with Crippen LogP contribution in [0.4, 0.5) is 0 Å². The molecule has 1 aliphatic rings. The van der Waals surface area contributed by atoms with Crippen LogP contribution in [0.3, 0.4) is 0 Å². The quantitative estimate of drug-likeness (QED) is 0.254. The van der Waals surface area contributed by atoms with Crippen LogP contribution < -0.4 is 4.74 Å². The maximum atomic E-state index is 11.4. The Labute approximate surface area is 234 Å². The van der Waals surface area contributed by atoms with E-state index in [9.17, 15) is 15.0 Å². The minimum Gasteiger partial charge on any atom is -0.497 e. The van der Waals surface area contributed by atoms with E-state index in [4.69, 9.17) is 27.9 Å². The van der Waals surface area contributed by atoms with E-state index in [1.165, 1.54) is 0 Å². The first kappa shape index (κ1) is 28.6. The molecule has 38 heavy (non-hydrogen) atoms. The second-order valence-corrected chi connectivity index (χ2v) is 11.0. The van der Waals surface area contributed by atoms with Gasteiger partial charge in [0.15, 0.2) is 0 Å². The Morgan fingerprint density at radius 3 is 2.68 bits per heavy atom. The molecule has 1 aliphatic heterocycles. The number of likely N-dealkylation sites (tertiary alicyclic amines) is 1. The number of hydrogen-bond donors (Lipinski definition) is 2. The number of carbonyl (C=O) groups is 1. The number of carboxylic acids is 1. The Bertz CT molecular complexity index is 1220. The molecule has 4 rings (SSSR count). The summed E-state index contributed by atoms with van der Waals surface area (Å²) in [5.41, 5.74) is 2.67. The Morgan fingerprint density at radius 1 is 1.16 bits per heavy atom. The fraction of sp³-hybridized carbons (Fsp3) is 0.467. The molecule has 0 aliphatic carbocycles. The molecule has 6 nitrogen and oxygen atoms in total. The first-order chi connectivity index (χ1) is 18.4. The van der Waals surface area contributed by atoms with E-state index in [0.29, 0.717) is 28.8 Å². The van der Waals surface area contributed by atoms with Gasteiger partial charge in [-0.25, -0.2) is 0 Å². The third-order valence-corrected chi connectivity index (χ3v) is 8.53. The third kappa shape index (κ3) is 7.38. The summed E-state index contributed by atoms with van der Waals surface area (Å²) in [5.74, 6) is 0.634. The summed E-state index contributed by atoms with van der Waals surface area (Å²) >= 11 is 12.7. The van der Waals surface area contributed by atoms with Crippen LogP contribution in [0.25, 0.3) is 10.9 Å². The van der Waals surface area contributed by atoms with Gasteiger partial charge in [-0.2, -0.15) is 0 Å². The Balaban J connectivity index is 1.36. The molecule has 1 unspecified atom stereocenters. The first-order valence-electron chi connectivity index (χ1n) is 13.3. The van der Waals surface area contributed by atoms with Gasteiger partial charge in [-0.1, -0.05) is 29.3 Å². The number of carboxylic acid groups (broad SMARTS) is 1. The van der Waals surface area contributed by atoms with Crippen LogP contribution in [0.2, 0.25) is 10.0 Å². The number of fused-ring (bicyclic) bond motifs is 1. The van der Waals surface area contributed by atoms with Gasteiger partial charge in [-0.3, -0.25) is 9.78 Å². The minimum atomic E-state index is -0.758. The second-order valence-electron chi connectivity index (χ2n) is 10.2. The Hall–Kier alpha value is -2.38. The number of aliphatic hydroxyl groups is 1. The van der Waals surface area contributed by atoms with Gasteiger partial charge in [0, 0.05) is 34.6 Å². The van der Waals surface area contributed by atoms with Gasteiger partial charge in [0.05, 0.1) is 18.7 Å². The Morgan fingerprint density at radius 2 is 1.95 bits per heavy atom. The van der Waals surface area contributed by atoms with E-state index in [1.54, 1.807) is 13.3 Å². The maximum Gasteiger partial charge on any atom is 0.303 e. The van der Waals surface area contributed by atoms with Gasteiger partial charge in [-0.05, 0) is 111 Å². The largest absolute Gasteiger partial charge is 0.497 e. The average Bonchev–Trinajstić information content (AvgIpc) is 2.92. The van der Waals surface area contributed by atoms with Crippen LogP contribution in [0.5, 0.6) is 5.75 Å². The maximum absolute atomic E-state index is 11.4. The number of piperidine rings is 1. The first-order valence-corrected chi connectivity index (χ1v) is 14.1. The number of benzene rings is 2. The molecular formula is C30H36Cl2N2O4. The Kier molecular flexibility index (Phi) is 10.3. The zero-order chi connectivity index (χ0) is 27.1. The van der Waals surface area contributed by atoms with Gasteiger partial charge >= 0.3 is 5.97 Å². The van der Waals surface area contributed by atoms with E-state index in [-0.39, 0.29) is 12.3 Å². The molecule has 1 aromatic heterocycles. The fourth-order valence-corrected chi connectivity index (χ4v) is 6.30. The van der Waals surface area contributed by atoms with Crippen LogP contribution in [0.1, 0.15) is 55.8 Å². The molecule has 0 spiro atoms. The summed E-state index contributed by atoms with van der Waals surface area (Å²) in [4.78, 5) is 18.2. The van der Waals surface area contributed by atoms with Crippen molar-refractivity contribution < 1.29 is 19.7 Å². The number of aromatic nitrogens is 1. The molecular weight excluding hydrogens is 523 g/mol. The van der Waals surface area contributed by atoms with Gasteiger partial charge in [0.2, 0.25) is 0 Å². The number of nitrogens with zero attached hydrogens (tertiary/aromatic N) is 2. The number of aliphatic carboxylic acids is 1. The van der Waals surface area contributed by atoms with Crippen molar-refractivity contribution in [3.05, 3.63) is 69.8 Å². The van der Waals surface area contributed by atoms with E-state index in [2.05, 4.69) is 9.88 Å². The lowest BCUT2D eigenvalue weighted by Gasteiger charge is -2.39. The summed E-state index contributed by atoms with van der Waals surface area (Å²) in [6.45, 7) is 2.76. The highest BCUT2D eigenvalue weighted by Crippen LogP contribution is 2.35. The molecule has 0 amide bonds. The molecule has 8 heteroatoms. The topological polar surface area (TPSA) is 82.9 Å². The van der Waals surface area contributed by atoms with E-state index in [1.807, 2.05) is 42.5 Å². The molecule has 0 saturated carbocycles. The molecule has 3 aromatic rings. The molecule has 0 radical (unpaired) electrons. The molecule has 1 fully saturated rings. The summed E-state index contributed by atoms with van der Waals surface area (Å²) in [7, 11) is 1.63. The highest BCUT2D eigenvalue weighted by Gasteiger charge is 2.30. The van der Waals surface area contributed by atoms with Crippen molar-refractivity contribution >= 4 is 40.1 Å². The average molecular weight is 560 g/mol. The van der Waals surface area contributed by atoms with Crippen LogP contribution in [-0.4, -0.2) is 52.8 Å². The normalized spacial score (nSPS) is 18.9. The zero-order valence-electron chi connectivity index (χ0n) is 21.8. The lowest BCUT2D eigenvalue weighted by molar-refractivity contribution is -0.137. The number of ether oxygens (including phenoxy) is 1. The summed E-state index contributed by atoms with van der Waals surface area (Å²) in [5, 5.41) is 22.8. The summed E-state index contributed by atoms with van der Waals surface area (Å²) < 4.78 is 5.37. The van der Waals surface area contributed by atoms with Gasteiger partial charge in [-0.15, -0.1) is 0 Å². The molecule has 2 heterocycles. The molecule has 3 atom stereocenters. The SMILES string of the molecule is COc1ccc2nccc(C(O)CC[C@@H]3CCN(CCCc4c(Cl)cccc4Cl)C[C@@H]3CCC(=O)O)c2c1. The number of aliphatic hydroxyl groups excluding tert-OH is 1. The van der Waals surface area contributed by atoms with Crippen LogP contribution in [0, 0.1) is 11.8 Å². The van der Waals surface area contributed by atoms with Crippen molar-refractivity contribution in [2.75, 3.05) is 26.7 Å². The number of rotatable bonds is 12.